The van der Waals surface area contributed by atoms with Crippen LogP contribution >= 0.6 is 11.3 Å². The molecule has 1 atom stereocenters. The Morgan fingerprint density at radius 1 is 1.53 bits per heavy atom. The molecule has 4 nitrogen and oxygen atoms in total. The van der Waals surface area contributed by atoms with E-state index in [1.165, 1.54) is 11.3 Å². The number of Topliss-reactive ketones (excluding diaryl/α,β-unsaturated/α-hetero) is 1. The van der Waals surface area contributed by atoms with Crippen LogP contribution < -0.4 is 4.90 Å². The predicted molar refractivity (Wildman–Crippen MR) is 71.0 cm³/mol. The van der Waals surface area contributed by atoms with Crippen molar-refractivity contribution in [2.45, 2.75) is 26.3 Å². The molecular formula is C12H19N3OS. The summed E-state index contributed by atoms with van der Waals surface area (Å²) in [5.74, 6) is 0.105. The van der Waals surface area contributed by atoms with Gasteiger partial charge in [0.05, 0.1) is 11.1 Å². The van der Waals surface area contributed by atoms with Crippen LogP contribution in [0.5, 0.6) is 0 Å². The van der Waals surface area contributed by atoms with Gasteiger partial charge in [0, 0.05) is 26.1 Å². The molecule has 1 fully saturated rings. The summed E-state index contributed by atoms with van der Waals surface area (Å²) in [6.07, 6.45) is 2.85. The average Bonchev–Trinajstić information content (AvgIpc) is 2.67. The fourth-order valence-electron chi connectivity index (χ4n) is 2.22. The molecule has 0 aliphatic carbocycles. The van der Waals surface area contributed by atoms with E-state index in [4.69, 9.17) is 0 Å². The highest BCUT2D eigenvalue weighted by Gasteiger charge is 2.22. The number of hydrogen-bond acceptors (Lipinski definition) is 5. The fourth-order valence-corrected chi connectivity index (χ4v) is 3.16. The SMILES string of the molecule is CC(=O)c1cnc(N2CCCN(C)CC2C)s1. The minimum Gasteiger partial charge on any atom is -0.344 e. The van der Waals surface area contributed by atoms with Gasteiger partial charge >= 0.3 is 0 Å². The molecule has 0 amide bonds. The lowest BCUT2D eigenvalue weighted by Crippen LogP contribution is -2.37. The smallest absolute Gasteiger partial charge is 0.186 e. The van der Waals surface area contributed by atoms with Crippen molar-refractivity contribution in [3.05, 3.63) is 11.1 Å². The summed E-state index contributed by atoms with van der Waals surface area (Å²) in [5, 5.41) is 0.984. The van der Waals surface area contributed by atoms with Crippen molar-refractivity contribution in [2.24, 2.45) is 0 Å². The second-order valence-corrected chi connectivity index (χ2v) is 5.73. The fraction of sp³-hybridized carbons (Fsp3) is 0.667. The molecule has 0 radical (unpaired) electrons. The number of thiazole rings is 1. The van der Waals surface area contributed by atoms with Gasteiger partial charge in [0.25, 0.3) is 0 Å². The molecule has 17 heavy (non-hydrogen) atoms. The van der Waals surface area contributed by atoms with E-state index in [-0.39, 0.29) is 5.78 Å². The van der Waals surface area contributed by atoms with Crippen molar-refractivity contribution < 1.29 is 4.79 Å². The Morgan fingerprint density at radius 2 is 2.29 bits per heavy atom. The number of carbonyl (C=O) groups is 1. The van der Waals surface area contributed by atoms with Crippen LogP contribution in [-0.4, -0.2) is 48.4 Å². The lowest BCUT2D eigenvalue weighted by molar-refractivity contribution is 0.102. The lowest BCUT2D eigenvalue weighted by Gasteiger charge is -2.27. The number of aromatic nitrogens is 1. The maximum atomic E-state index is 11.3. The third-order valence-corrected chi connectivity index (χ3v) is 4.27. The van der Waals surface area contributed by atoms with E-state index in [0.29, 0.717) is 6.04 Å². The van der Waals surface area contributed by atoms with Gasteiger partial charge in [-0.2, -0.15) is 0 Å². The number of hydrogen-bond donors (Lipinski definition) is 0. The molecule has 1 unspecified atom stereocenters. The van der Waals surface area contributed by atoms with Gasteiger partial charge in [-0.1, -0.05) is 11.3 Å². The number of rotatable bonds is 2. The Kier molecular flexibility index (Phi) is 3.79. The zero-order chi connectivity index (χ0) is 12.4. The molecule has 0 N–H and O–H groups in total. The monoisotopic (exact) mass is 253 g/mol. The largest absolute Gasteiger partial charge is 0.344 e. The van der Waals surface area contributed by atoms with Gasteiger partial charge in [0.2, 0.25) is 0 Å². The van der Waals surface area contributed by atoms with E-state index in [1.54, 1.807) is 13.1 Å². The molecule has 1 aromatic heterocycles. The normalized spacial score (nSPS) is 22.5. The van der Waals surface area contributed by atoms with Crippen molar-refractivity contribution >= 4 is 22.3 Å². The van der Waals surface area contributed by atoms with Crippen LogP contribution in [-0.2, 0) is 0 Å². The van der Waals surface area contributed by atoms with E-state index < -0.39 is 0 Å². The van der Waals surface area contributed by atoms with Crippen LogP contribution in [0.15, 0.2) is 6.20 Å². The summed E-state index contributed by atoms with van der Waals surface area (Å²) in [4.78, 5) is 21.1. The molecule has 1 aliphatic rings. The molecule has 1 saturated heterocycles. The highest BCUT2D eigenvalue weighted by atomic mass is 32.1. The molecule has 0 bridgehead atoms. The highest BCUT2D eigenvalue weighted by molar-refractivity contribution is 7.17. The van der Waals surface area contributed by atoms with E-state index >= 15 is 0 Å². The van der Waals surface area contributed by atoms with Gasteiger partial charge in [-0.25, -0.2) is 4.98 Å². The first kappa shape index (κ1) is 12.5. The van der Waals surface area contributed by atoms with Crippen LogP contribution in [0.4, 0.5) is 5.13 Å². The van der Waals surface area contributed by atoms with Gasteiger partial charge < -0.3 is 9.80 Å². The zero-order valence-electron chi connectivity index (χ0n) is 10.6. The zero-order valence-corrected chi connectivity index (χ0v) is 11.5. The Balaban J connectivity index is 2.16. The number of ketones is 1. The molecule has 2 rings (SSSR count). The summed E-state index contributed by atoms with van der Waals surface area (Å²) in [6.45, 7) is 7.02. The number of likely N-dealkylation sites (N-methyl/N-ethyl adjacent to an activating group) is 1. The molecule has 1 aliphatic heterocycles. The summed E-state index contributed by atoms with van der Waals surface area (Å²) >= 11 is 1.51. The maximum absolute atomic E-state index is 11.3. The maximum Gasteiger partial charge on any atom is 0.186 e. The molecule has 2 heterocycles. The van der Waals surface area contributed by atoms with Crippen molar-refractivity contribution in [1.82, 2.24) is 9.88 Å². The first-order valence-electron chi connectivity index (χ1n) is 6.00. The highest BCUT2D eigenvalue weighted by Crippen LogP contribution is 2.26. The standard InChI is InChI=1S/C12H19N3OS/c1-9-8-14(3)5-4-6-15(9)12-13-7-11(17-12)10(2)16/h7,9H,4-6,8H2,1-3H3. The first-order valence-corrected chi connectivity index (χ1v) is 6.81. The Hall–Kier alpha value is -0.940. The quantitative estimate of drug-likeness (QED) is 0.754. The van der Waals surface area contributed by atoms with Crippen molar-refractivity contribution in [3.8, 4) is 0 Å². The van der Waals surface area contributed by atoms with E-state index in [2.05, 4.69) is 28.8 Å². The molecule has 94 valence electrons. The minimum absolute atomic E-state index is 0.105. The first-order chi connectivity index (χ1) is 8.08. The molecule has 0 saturated carbocycles. The number of carbonyl (C=O) groups excluding carboxylic acids is 1. The van der Waals surface area contributed by atoms with Gasteiger partial charge in [-0.15, -0.1) is 0 Å². The van der Waals surface area contributed by atoms with E-state index in [1.807, 2.05) is 0 Å². The van der Waals surface area contributed by atoms with Gasteiger partial charge in [-0.3, -0.25) is 4.79 Å². The van der Waals surface area contributed by atoms with Crippen molar-refractivity contribution in [2.75, 3.05) is 31.6 Å². The third kappa shape index (κ3) is 2.84. The molecule has 5 heteroatoms. The Morgan fingerprint density at radius 3 is 2.94 bits per heavy atom. The Labute approximate surface area is 106 Å². The number of anilines is 1. The second-order valence-electron chi connectivity index (χ2n) is 4.72. The van der Waals surface area contributed by atoms with Crippen molar-refractivity contribution in [1.29, 1.82) is 0 Å². The topological polar surface area (TPSA) is 36.4 Å². The second kappa shape index (κ2) is 5.14. The van der Waals surface area contributed by atoms with Gasteiger partial charge in [0.15, 0.2) is 10.9 Å². The van der Waals surface area contributed by atoms with Gasteiger partial charge in [-0.05, 0) is 26.9 Å². The molecule has 0 aromatic carbocycles. The van der Waals surface area contributed by atoms with Crippen molar-refractivity contribution in [3.63, 3.8) is 0 Å². The third-order valence-electron chi connectivity index (χ3n) is 3.13. The van der Waals surface area contributed by atoms with Crippen LogP contribution in [0.25, 0.3) is 0 Å². The average molecular weight is 253 g/mol. The molecular weight excluding hydrogens is 234 g/mol. The predicted octanol–water partition coefficient (Wildman–Crippen LogP) is 1.88. The lowest BCUT2D eigenvalue weighted by atomic mass is 10.3. The summed E-state index contributed by atoms with van der Waals surface area (Å²) in [5.41, 5.74) is 0. The molecule has 1 aromatic rings. The van der Waals surface area contributed by atoms with Crippen LogP contribution in [0.2, 0.25) is 0 Å². The van der Waals surface area contributed by atoms with E-state index in [0.717, 1.165) is 36.1 Å². The van der Waals surface area contributed by atoms with Crippen LogP contribution in [0.3, 0.4) is 0 Å². The van der Waals surface area contributed by atoms with E-state index in [9.17, 15) is 4.79 Å². The summed E-state index contributed by atoms with van der Waals surface area (Å²) in [7, 11) is 2.16. The minimum atomic E-state index is 0.105. The van der Waals surface area contributed by atoms with Crippen LogP contribution in [0.1, 0.15) is 29.9 Å². The van der Waals surface area contributed by atoms with Crippen LogP contribution in [0, 0.1) is 0 Å². The summed E-state index contributed by atoms with van der Waals surface area (Å²) < 4.78 is 0. The Bertz CT molecular complexity index is 404. The summed E-state index contributed by atoms with van der Waals surface area (Å²) in [6, 6.07) is 0.452. The van der Waals surface area contributed by atoms with Gasteiger partial charge in [0.1, 0.15) is 0 Å². The number of nitrogens with zero attached hydrogens (tertiary/aromatic N) is 3. The molecule has 0 spiro atoms.